The summed E-state index contributed by atoms with van der Waals surface area (Å²) in [5.41, 5.74) is 1.04. The second kappa shape index (κ2) is 2.97. The summed E-state index contributed by atoms with van der Waals surface area (Å²) in [5, 5.41) is 2.85. The van der Waals surface area contributed by atoms with Crippen molar-refractivity contribution in [3.8, 4) is 5.75 Å². The molecule has 2 heterocycles. The van der Waals surface area contributed by atoms with Crippen LogP contribution in [0.4, 0.5) is 5.69 Å². The lowest BCUT2D eigenvalue weighted by Crippen LogP contribution is -2.46. The predicted molar refractivity (Wildman–Crippen MR) is 59.5 cm³/mol. The molecule has 4 heteroatoms. The van der Waals surface area contributed by atoms with Gasteiger partial charge in [-0.05, 0) is 32.6 Å². The van der Waals surface area contributed by atoms with Crippen molar-refractivity contribution in [3.05, 3.63) is 18.0 Å². The maximum Gasteiger partial charge on any atom is 0.268 e. The van der Waals surface area contributed by atoms with Crippen molar-refractivity contribution in [2.75, 3.05) is 5.32 Å². The number of hydrogen-bond donors (Lipinski definition) is 1. The van der Waals surface area contributed by atoms with Gasteiger partial charge in [0.1, 0.15) is 5.69 Å². The van der Waals surface area contributed by atoms with Crippen molar-refractivity contribution < 1.29 is 9.53 Å². The summed E-state index contributed by atoms with van der Waals surface area (Å²) in [7, 11) is 0. The number of amides is 1. The van der Waals surface area contributed by atoms with Crippen molar-refractivity contribution in [1.82, 2.24) is 4.98 Å². The van der Waals surface area contributed by atoms with E-state index in [1.54, 1.807) is 20.0 Å². The fraction of sp³-hybridized carbons (Fsp3) is 0.500. The largest absolute Gasteiger partial charge is 0.475 e. The number of carbonyl (C=O) groups is 1. The maximum absolute atomic E-state index is 11.7. The second-order valence-electron chi connectivity index (χ2n) is 4.95. The summed E-state index contributed by atoms with van der Waals surface area (Å²) in [6, 6.07) is 0. The quantitative estimate of drug-likeness (QED) is 0.785. The smallest absolute Gasteiger partial charge is 0.268 e. The lowest BCUT2D eigenvalue weighted by molar-refractivity contribution is -0.129. The van der Waals surface area contributed by atoms with Gasteiger partial charge in [0.25, 0.3) is 5.91 Å². The normalized spacial score (nSPS) is 22.0. The number of aromatic nitrogens is 1. The third-order valence-electron chi connectivity index (χ3n) is 3.09. The van der Waals surface area contributed by atoms with Gasteiger partial charge >= 0.3 is 0 Å². The van der Waals surface area contributed by atoms with Gasteiger partial charge in [0.15, 0.2) is 11.4 Å². The lowest BCUT2D eigenvalue weighted by Gasteiger charge is -2.32. The minimum absolute atomic E-state index is 0.116. The van der Waals surface area contributed by atoms with Crippen molar-refractivity contribution >= 4 is 11.6 Å². The molecule has 84 valence electrons. The first kappa shape index (κ1) is 9.63. The number of carbonyl (C=O) groups excluding carboxylic acids is 1. The number of ether oxygens (including phenoxy) is 1. The van der Waals surface area contributed by atoms with Crippen LogP contribution in [-0.2, 0) is 4.79 Å². The number of rotatable bonds is 1. The number of nitrogens with zero attached hydrogens (tertiary/aromatic N) is 1. The molecule has 4 nitrogen and oxygen atoms in total. The van der Waals surface area contributed by atoms with Gasteiger partial charge in [-0.2, -0.15) is 0 Å². The number of nitrogens with one attached hydrogen (secondary N) is 1. The summed E-state index contributed by atoms with van der Waals surface area (Å²) in [4.78, 5) is 15.9. The summed E-state index contributed by atoms with van der Waals surface area (Å²) in [6.07, 6.45) is 5.88. The molecule has 1 aliphatic carbocycles. The lowest BCUT2D eigenvalue weighted by atomic mass is 10.0. The molecule has 0 bridgehead atoms. The third-order valence-corrected chi connectivity index (χ3v) is 3.09. The van der Waals surface area contributed by atoms with Gasteiger partial charge in [0, 0.05) is 11.8 Å². The monoisotopic (exact) mass is 218 g/mol. The molecule has 2 aliphatic rings. The summed E-state index contributed by atoms with van der Waals surface area (Å²) < 4.78 is 5.81. The van der Waals surface area contributed by atoms with Crippen molar-refractivity contribution in [1.29, 1.82) is 0 Å². The average Bonchev–Trinajstić information content (AvgIpc) is 3.02. The zero-order valence-corrected chi connectivity index (χ0v) is 9.41. The summed E-state index contributed by atoms with van der Waals surface area (Å²) in [5.74, 6) is 1.25. The van der Waals surface area contributed by atoms with Crippen LogP contribution in [0.25, 0.3) is 0 Å². The molecule has 0 saturated heterocycles. The molecule has 16 heavy (non-hydrogen) atoms. The van der Waals surface area contributed by atoms with Crippen LogP contribution in [0, 0.1) is 0 Å². The minimum Gasteiger partial charge on any atom is -0.475 e. The molecule has 0 unspecified atom stereocenters. The van der Waals surface area contributed by atoms with E-state index in [0.717, 1.165) is 11.3 Å². The van der Waals surface area contributed by atoms with E-state index in [1.807, 2.05) is 6.20 Å². The molecule has 0 spiro atoms. The van der Waals surface area contributed by atoms with Crippen LogP contribution in [0.5, 0.6) is 5.75 Å². The first-order valence-corrected chi connectivity index (χ1v) is 5.56. The Morgan fingerprint density at radius 1 is 1.44 bits per heavy atom. The summed E-state index contributed by atoms with van der Waals surface area (Å²) in [6.45, 7) is 3.56. The number of hydrogen-bond acceptors (Lipinski definition) is 3. The van der Waals surface area contributed by atoms with E-state index in [9.17, 15) is 4.79 Å². The van der Waals surface area contributed by atoms with E-state index in [1.165, 1.54) is 12.8 Å². The third kappa shape index (κ3) is 1.37. The zero-order valence-electron chi connectivity index (χ0n) is 9.41. The molecule has 1 saturated carbocycles. The van der Waals surface area contributed by atoms with Crippen molar-refractivity contribution in [2.45, 2.75) is 38.2 Å². The second-order valence-corrected chi connectivity index (χ2v) is 4.95. The van der Waals surface area contributed by atoms with Crippen LogP contribution < -0.4 is 10.1 Å². The van der Waals surface area contributed by atoms with Crippen molar-refractivity contribution in [2.24, 2.45) is 0 Å². The molecule has 3 rings (SSSR count). The standard InChI is InChI=1S/C12H14N2O2/c1-12(2)11(15)14-9-6-13-5-8(7-3-4-7)10(9)16-12/h5-7H,3-4H2,1-2H3,(H,14,15). The fourth-order valence-electron chi connectivity index (χ4n) is 1.93. The van der Waals surface area contributed by atoms with E-state index in [4.69, 9.17) is 4.74 Å². The molecule has 1 fully saturated rings. The van der Waals surface area contributed by atoms with Crippen LogP contribution in [0.2, 0.25) is 0 Å². The summed E-state index contributed by atoms with van der Waals surface area (Å²) >= 11 is 0. The molecule has 0 radical (unpaired) electrons. The Labute approximate surface area is 94.0 Å². The molecular weight excluding hydrogens is 204 g/mol. The Balaban J connectivity index is 2.08. The van der Waals surface area contributed by atoms with Crippen molar-refractivity contribution in [3.63, 3.8) is 0 Å². The van der Waals surface area contributed by atoms with Gasteiger partial charge in [0.05, 0.1) is 6.20 Å². The molecule has 1 N–H and O–H groups in total. The molecule has 1 aromatic heterocycles. The van der Waals surface area contributed by atoms with Gasteiger partial charge in [-0.15, -0.1) is 0 Å². The van der Waals surface area contributed by atoms with Gasteiger partial charge < -0.3 is 10.1 Å². The predicted octanol–water partition coefficient (Wildman–Crippen LogP) is 2.07. The molecule has 1 aliphatic heterocycles. The number of pyridine rings is 1. The molecule has 1 amide bonds. The highest BCUT2D eigenvalue weighted by atomic mass is 16.5. The minimum atomic E-state index is -0.794. The van der Waals surface area contributed by atoms with Gasteiger partial charge in [0.2, 0.25) is 0 Å². The molecular formula is C12H14N2O2. The van der Waals surface area contributed by atoms with Gasteiger partial charge in [-0.3, -0.25) is 9.78 Å². The Morgan fingerprint density at radius 2 is 2.19 bits per heavy atom. The topological polar surface area (TPSA) is 51.2 Å². The van der Waals surface area contributed by atoms with Gasteiger partial charge in [-0.25, -0.2) is 0 Å². The van der Waals surface area contributed by atoms with Crippen LogP contribution >= 0.6 is 0 Å². The molecule has 0 aromatic carbocycles. The Hall–Kier alpha value is -1.58. The number of fused-ring (bicyclic) bond motifs is 1. The molecule has 0 atom stereocenters. The Morgan fingerprint density at radius 3 is 2.88 bits per heavy atom. The highest BCUT2D eigenvalue weighted by Gasteiger charge is 2.39. The van der Waals surface area contributed by atoms with E-state index in [0.29, 0.717) is 11.6 Å². The first-order valence-electron chi connectivity index (χ1n) is 5.56. The fourth-order valence-corrected chi connectivity index (χ4v) is 1.93. The SMILES string of the molecule is CC1(C)Oc2c(cncc2C2CC2)NC1=O. The zero-order chi connectivity index (χ0) is 11.3. The highest BCUT2D eigenvalue weighted by molar-refractivity contribution is 6.00. The number of anilines is 1. The van der Waals surface area contributed by atoms with Crippen LogP contribution in [0.15, 0.2) is 12.4 Å². The Kier molecular flexibility index (Phi) is 1.79. The van der Waals surface area contributed by atoms with E-state index < -0.39 is 5.60 Å². The maximum atomic E-state index is 11.7. The van der Waals surface area contributed by atoms with E-state index >= 15 is 0 Å². The Bertz CT molecular complexity index is 464. The van der Waals surface area contributed by atoms with Crippen LogP contribution in [-0.4, -0.2) is 16.5 Å². The highest BCUT2D eigenvalue weighted by Crippen LogP contribution is 2.48. The van der Waals surface area contributed by atoms with Crippen LogP contribution in [0.3, 0.4) is 0 Å². The van der Waals surface area contributed by atoms with E-state index in [2.05, 4.69) is 10.3 Å². The van der Waals surface area contributed by atoms with Crippen LogP contribution in [0.1, 0.15) is 38.2 Å². The first-order chi connectivity index (χ1) is 7.58. The molecule has 1 aromatic rings. The van der Waals surface area contributed by atoms with Gasteiger partial charge in [-0.1, -0.05) is 0 Å². The van der Waals surface area contributed by atoms with E-state index in [-0.39, 0.29) is 5.91 Å². The average molecular weight is 218 g/mol.